The molecule has 0 aromatic rings. The number of hydrogen-bond donors (Lipinski definition) is 2. The van der Waals surface area contributed by atoms with Crippen molar-refractivity contribution in [3.63, 3.8) is 0 Å². The third kappa shape index (κ3) is 2.55. The van der Waals surface area contributed by atoms with Crippen LogP contribution in [0, 0.1) is 44.8 Å². The summed E-state index contributed by atoms with van der Waals surface area (Å²) in [5.74, 6) is 1.76. The zero-order chi connectivity index (χ0) is 24.7. The first-order valence-electron chi connectivity index (χ1n) is 14.2. The fourth-order valence-corrected chi connectivity index (χ4v) is 11.9. The van der Waals surface area contributed by atoms with Gasteiger partial charge in [-0.2, -0.15) is 0 Å². The molecule has 1 heterocycles. The lowest BCUT2D eigenvalue weighted by Crippen LogP contribution is -2.59. The van der Waals surface area contributed by atoms with Crippen molar-refractivity contribution in [3.05, 3.63) is 0 Å². The van der Waals surface area contributed by atoms with Gasteiger partial charge in [0.2, 0.25) is 0 Å². The fraction of sp³-hybridized carbons (Fsp3) is 0.967. The Labute approximate surface area is 206 Å². The van der Waals surface area contributed by atoms with Crippen LogP contribution in [0.5, 0.6) is 0 Å². The molecule has 2 N–H and O–H groups in total. The largest absolute Gasteiger partial charge is 0.393 e. The Balaban J connectivity index is 1.35. The Morgan fingerprint density at radius 3 is 2.18 bits per heavy atom. The Morgan fingerprint density at radius 1 is 0.882 bits per heavy atom. The van der Waals surface area contributed by atoms with Crippen LogP contribution in [0.1, 0.15) is 113 Å². The maximum Gasteiger partial charge on any atom is 0.138 e. The van der Waals surface area contributed by atoms with Gasteiger partial charge in [-0.25, -0.2) is 0 Å². The second-order valence-corrected chi connectivity index (χ2v) is 15.5. The van der Waals surface area contributed by atoms with Crippen LogP contribution in [0.3, 0.4) is 0 Å². The first kappa shape index (κ1) is 23.9. The van der Waals surface area contributed by atoms with Gasteiger partial charge in [-0.15, -0.1) is 0 Å². The van der Waals surface area contributed by atoms with E-state index in [-0.39, 0.29) is 34.4 Å². The number of aliphatic hydroxyl groups excluding tert-OH is 1. The quantitative estimate of drug-likeness (QED) is 0.543. The van der Waals surface area contributed by atoms with Crippen molar-refractivity contribution in [1.82, 2.24) is 0 Å². The van der Waals surface area contributed by atoms with Crippen molar-refractivity contribution in [3.8, 4) is 0 Å². The summed E-state index contributed by atoms with van der Waals surface area (Å²) in [5.41, 5.74) is -0.560. The monoisotopic (exact) mass is 472 g/mol. The Bertz CT molecular complexity index is 919. The van der Waals surface area contributed by atoms with E-state index < -0.39 is 11.2 Å². The average molecular weight is 473 g/mol. The Kier molecular flexibility index (Phi) is 4.58. The molecule has 4 heteroatoms. The molecule has 2 spiro atoms. The number of ether oxygens (including phenoxy) is 1. The minimum absolute atomic E-state index is 0.0300. The van der Waals surface area contributed by atoms with E-state index in [2.05, 4.69) is 34.6 Å². The summed E-state index contributed by atoms with van der Waals surface area (Å²) in [6.07, 6.45) is 10.1. The standard InChI is InChI=1S/C30H48O4/c1-24(2)19-8-9-20-27(6)16-18(31)23(28(7)12-11-22(34-28)25(3,4)33)26(27,5)14-15-30(20)17-29(19,30)13-10-21(24)32/h18-20,22-23,31,33H,8-17H2,1-7H3/t18-,19?,20-,22-,23-,26+,27-,28-,29+,30-/m0/s1. The summed E-state index contributed by atoms with van der Waals surface area (Å²) in [4.78, 5) is 12.9. The maximum absolute atomic E-state index is 12.9. The van der Waals surface area contributed by atoms with Crippen molar-refractivity contribution in [1.29, 1.82) is 0 Å². The summed E-state index contributed by atoms with van der Waals surface area (Å²) < 4.78 is 6.67. The first-order chi connectivity index (χ1) is 15.6. The van der Waals surface area contributed by atoms with Crippen LogP contribution in [-0.2, 0) is 9.53 Å². The van der Waals surface area contributed by atoms with Crippen LogP contribution in [-0.4, -0.2) is 39.4 Å². The lowest BCUT2D eigenvalue weighted by atomic mass is 9.41. The minimum Gasteiger partial charge on any atom is -0.393 e. The van der Waals surface area contributed by atoms with Gasteiger partial charge in [0, 0.05) is 17.8 Å². The molecule has 34 heavy (non-hydrogen) atoms. The van der Waals surface area contributed by atoms with Crippen molar-refractivity contribution in [2.24, 2.45) is 44.8 Å². The predicted molar refractivity (Wildman–Crippen MR) is 132 cm³/mol. The van der Waals surface area contributed by atoms with Gasteiger partial charge in [-0.1, -0.05) is 27.7 Å². The van der Waals surface area contributed by atoms with Gasteiger partial charge >= 0.3 is 0 Å². The first-order valence-corrected chi connectivity index (χ1v) is 14.2. The van der Waals surface area contributed by atoms with Crippen LogP contribution in [0.4, 0.5) is 0 Å². The van der Waals surface area contributed by atoms with Gasteiger partial charge in [-0.05, 0) is 112 Å². The SMILES string of the molecule is CC1(C)C(=O)CC[C@]23C[C@]24CC[C@]2(C)[C@@H]([C@]5(C)CC[C@@H](C(C)(C)O)O5)[C@@H](O)C[C@@]2(C)[C@@H]4CCC13. The van der Waals surface area contributed by atoms with Gasteiger partial charge in [0.1, 0.15) is 5.78 Å². The van der Waals surface area contributed by atoms with E-state index in [0.29, 0.717) is 28.4 Å². The summed E-state index contributed by atoms with van der Waals surface area (Å²) in [7, 11) is 0. The number of carbonyl (C=O) groups is 1. The third-order valence-corrected chi connectivity index (χ3v) is 13.6. The number of carbonyl (C=O) groups excluding carboxylic acids is 1. The highest BCUT2D eigenvalue weighted by atomic mass is 16.5. The fourth-order valence-electron chi connectivity index (χ4n) is 11.9. The van der Waals surface area contributed by atoms with E-state index in [0.717, 1.165) is 38.5 Å². The molecule has 1 aliphatic heterocycles. The molecule has 0 amide bonds. The molecular weight excluding hydrogens is 424 g/mol. The number of ketones is 1. The Morgan fingerprint density at radius 2 is 1.53 bits per heavy atom. The molecule has 0 aromatic carbocycles. The summed E-state index contributed by atoms with van der Waals surface area (Å²) >= 11 is 0. The molecule has 4 nitrogen and oxygen atoms in total. The smallest absolute Gasteiger partial charge is 0.138 e. The Hall–Kier alpha value is -0.450. The van der Waals surface area contributed by atoms with Crippen LogP contribution in [0.15, 0.2) is 0 Å². The number of fused-ring (bicyclic) bond motifs is 2. The third-order valence-electron chi connectivity index (χ3n) is 13.6. The van der Waals surface area contributed by atoms with Crippen molar-refractivity contribution >= 4 is 5.78 Å². The molecule has 192 valence electrons. The van der Waals surface area contributed by atoms with E-state index >= 15 is 0 Å². The zero-order valence-electron chi connectivity index (χ0n) is 22.7. The highest BCUT2D eigenvalue weighted by Gasteiger charge is 2.83. The highest BCUT2D eigenvalue weighted by Crippen LogP contribution is 2.89. The number of rotatable bonds is 2. The van der Waals surface area contributed by atoms with E-state index in [4.69, 9.17) is 4.74 Å². The molecule has 6 rings (SSSR count). The molecule has 0 radical (unpaired) electrons. The summed E-state index contributed by atoms with van der Waals surface area (Å²) in [6, 6.07) is 0. The normalized spacial score (nSPS) is 58.0. The summed E-state index contributed by atoms with van der Waals surface area (Å²) in [6.45, 7) is 15.4. The zero-order valence-corrected chi connectivity index (χ0v) is 22.7. The number of aliphatic hydroxyl groups is 2. The van der Waals surface area contributed by atoms with E-state index in [9.17, 15) is 15.0 Å². The molecule has 6 aliphatic rings. The second-order valence-electron chi connectivity index (χ2n) is 15.5. The average Bonchev–Trinajstić information content (AvgIpc) is 3.11. The van der Waals surface area contributed by atoms with E-state index in [1.54, 1.807) is 0 Å². The number of Topliss-reactive ketones (excluding diaryl/α,β-unsaturated/α-hetero) is 1. The molecule has 0 bridgehead atoms. The van der Waals surface area contributed by atoms with Gasteiger partial charge < -0.3 is 14.9 Å². The maximum atomic E-state index is 12.9. The van der Waals surface area contributed by atoms with E-state index in [1.165, 1.54) is 25.7 Å². The molecule has 6 fully saturated rings. The topological polar surface area (TPSA) is 66.8 Å². The predicted octanol–water partition coefficient (Wildman–Crippen LogP) is 5.67. The minimum atomic E-state index is -0.855. The lowest BCUT2D eigenvalue weighted by molar-refractivity contribution is -0.192. The van der Waals surface area contributed by atoms with Crippen LogP contribution >= 0.6 is 0 Å². The van der Waals surface area contributed by atoms with Crippen molar-refractivity contribution in [2.75, 3.05) is 0 Å². The molecule has 0 aromatic heterocycles. The van der Waals surface area contributed by atoms with Gasteiger partial charge in [-0.3, -0.25) is 4.79 Å². The molecule has 5 saturated carbocycles. The van der Waals surface area contributed by atoms with E-state index in [1.807, 2.05) is 13.8 Å². The van der Waals surface area contributed by atoms with Gasteiger partial charge in [0.25, 0.3) is 0 Å². The molecule has 1 unspecified atom stereocenters. The second kappa shape index (κ2) is 6.51. The van der Waals surface area contributed by atoms with Gasteiger partial charge in [0.05, 0.1) is 23.4 Å². The highest BCUT2D eigenvalue weighted by molar-refractivity contribution is 5.86. The van der Waals surface area contributed by atoms with Gasteiger partial charge in [0.15, 0.2) is 0 Å². The van der Waals surface area contributed by atoms with Crippen LogP contribution < -0.4 is 0 Å². The van der Waals surface area contributed by atoms with Crippen LogP contribution in [0.25, 0.3) is 0 Å². The van der Waals surface area contributed by atoms with Crippen LogP contribution in [0.2, 0.25) is 0 Å². The van der Waals surface area contributed by atoms with Crippen molar-refractivity contribution < 1.29 is 19.7 Å². The molecule has 1 saturated heterocycles. The summed E-state index contributed by atoms with van der Waals surface area (Å²) in [5, 5.41) is 22.4. The molecule has 5 aliphatic carbocycles. The van der Waals surface area contributed by atoms with Crippen molar-refractivity contribution in [2.45, 2.75) is 136 Å². The number of hydrogen-bond acceptors (Lipinski definition) is 4. The lowest BCUT2D eigenvalue weighted by Gasteiger charge is -2.63. The molecule has 10 atom stereocenters. The molecular formula is C30H48O4.